The Morgan fingerprint density at radius 2 is 2.00 bits per heavy atom. The van der Waals surface area contributed by atoms with Gasteiger partial charge in [0.1, 0.15) is 5.82 Å². The molecule has 0 amide bonds. The molecule has 5 rings (SSSR count). The summed E-state index contributed by atoms with van der Waals surface area (Å²) in [5.74, 6) is 1.24. The third-order valence-corrected chi connectivity index (χ3v) is 5.11. The molecule has 5 heterocycles. The number of anilines is 1. The van der Waals surface area contributed by atoms with Crippen molar-refractivity contribution in [3.8, 4) is 17.1 Å². The Kier molecular flexibility index (Phi) is 4.00. The number of aliphatic hydroxyl groups is 1. The number of fused-ring (bicyclic) bond motifs is 1. The number of aryl methyl sites for hydroxylation is 1. The Bertz CT molecular complexity index is 1260. The van der Waals surface area contributed by atoms with Gasteiger partial charge in [-0.05, 0) is 18.2 Å². The van der Waals surface area contributed by atoms with Crippen molar-refractivity contribution in [3.63, 3.8) is 0 Å². The zero-order chi connectivity index (χ0) is 20.9. The molecule has 1 aliphatic rings. The Balaban J connectivity index is 1.46. The van der Waals surface area contributed by atoms with E-state index in [-0.39, 0.29) is 13.1 Å². The second kappa shape index (κ2) is 6.59. The number of aromatic nitrogens is 6. The van der Waals surface area contributed by atoms with Crippen molar-refractivity contribution in [3.05, 3.63) is 59.2 Å². The zero-order valence-corrected chi connectivity index (χ0v) is 16.1. The third kappa shape index (κ3) is 3.14. The van der Waals surface area contributed by atoms with Crippen LogP contribution in [0.15, 0.2) is 49.1 Å². The highest BCUT2D eigenvalue weighted by molar-refractivity contribution is 5.83. The maximum absolute atomic E-state index is 10.7. The molecule has 30 heavy (non-hydrogen) atoms. The lowest BCUT2D eigenvalue weighted by Gasteiger charge is -2.44. The molecule has 0 radical (unpaired) electrons. The first-order valence-electron chi connectivity index (χ1n) is 9.30. The van der Waals surface area contributed by atoms with Crippen LogP contribution in [0.25, 0.3) is 28.0 Å². The van der Waals surface area contributed by atoms with E-state index < -0.39 is 17.1 Å². The van der Waals surface area contributed by atoms with E-state index in [1.807, 2.05) is 37.5 Å². The lowest BCUT2D eigenvalue weighted by atomic mass is 9.94. The molecule has 1 saturated heterocycles. The minimum Gasteiger partial charge on any atom is -0.380 e. The summed E-state index contributed by atoms with van der Waals surface area (Å²) >= 11 is 0. The molecule has 0 atom stereocenters. The highest BCUT2D eigenvalue weighted by atomic mass is 16.6. The lowest BCUT2D eigenvalue weighted by Crippen LogP contribution is -2.65. The SMILES string of the molecule is Cn1cc(-c2cc3c(cn2)cnn3-c2cccc(N3CC(O)(C[N+](=O)[O-])C3)n2)cn1. The first kappa shape index (κ1) is 18.2. The van der Waals surface area contributed by atoms with Crippen LogP contribution in [0.2, 0.25) is 0 Å². The van der Waals surface area contributed by atoms with Crippen molar-refractivity contribution >= 4 is 16.7 Å². The highest BCUT2D eigenvalue weighted by Crippen LogP contribution is 2.28. The fraction of sp³-hybridized carbons (Fsp3) is 0.263. The summed E-state index contributed by atoms with van der Waals surface area (Å²) in [7, 11) is 1.85. The van der Waals surface area contributed by atoms with Crippen LogP contribution < -0.4 is 4.90 Å². The normalized spacial score (nSPS) is 15.3. The second-order valence-corrected chi connectivity index (χ2v) is 7.51. The van der Waals surface area contributed by atoms with Gasteiger partial charge in [0.2, 0.25) is 6.54 Å². The predicted molar refractivity (Wildman–Crippen MR) is 108 cm³/mol. The number of hydrogen-bond acceptors (Lipinski definition) is 8. The van der Waals surface area contributed by atoms with E-state index in [9.17, 15) is 15.2 Å². The van der Waals surface area contributed by atoms with E-state index in [1.165, 1.54) is 0 Å². The fourth-order valence-electron chi connectivity index (χ4n) is 3.69. The Labute approximate surface area is 170 Å². The number of β-amino-alcohol motifs (C(OH)–C–C–N with tert-alkyl or cyclic N) is 1. The van der Waals surface area contributed by atoms with Gasteiger partial charge < -0.3 is 10.0 Å². The molecule has 0 bridgehead atoms. The van der Waals surface area contributed by atoms with Crippen LogP contribution in [0.1, 0.15) is 0 Å². The maximum atomic E-state index is 10.7. The molecule has 11 heteroatoms. The summed E-state index contributed by atoms with van der Waals surface area (Å²) in [5.41, 5.74) is 1.21. The number of nitrogens with zero attached hydrogens (tertiary/aromatic N) is 8. The molecule has 152 valence electrons. The molecule has 11 nitrogen and oxygen atoms in total. The molecular formula is C19H18N8O3. The van der Waals surface area contributed by atoms with Gasteiger partial charge in [-0.25, -0.2) is 9.67 Å². The van der Waals surface area contributed by atoms with E-state index in [4.69, 9.17) is 0 Å². The topological polar surface area (TPSA) is 128 Å². The van der Waals surface area contributed by atoms with Crippen molar-refractivity contribution in [2.24, 2.45) is 7.05 Å². The van der Waals surface area contributed by atoms with Crippen LogP contribution >= 0.6 is 0 Å². The molecule has 1 aliphatic heterocycles. The van der Waals surface area contributed by atoms with Gasteiger partial charge in [0.25, 0.3) is 0 Å². The quantitative estimate of drug-likeness (QED) is 0.385. The summed E-state index contributed by atoms with van der Waals surface area (Å²) in [6.45, 7) is -0.143. The maximum Gasteiger partial charge on any atom is 0.235 e. The predicted octanol–water partition coefficient (Wildman–Crippen LogP) is 1.04. The average Bonchev–Trinajstić information content (AvgIpc) is 3.31. The number of pyridine rings is 2. The summed E-state index contributed by atoms with van der Waals surface area (Å²) in [6, 6.07) is 7.43. The molecular weight excluding hydrogens is 388 g/mol. The Morgan fingerprint density at radius 3 is 2.73 bits per heavy atom. The smallest absolute Gasteiger partial charge is 0.235 e. The van der Waals surface area contributed by atoms with Gasteiger partial charge in [0, 0.05) is 35.3 Å². The summed E-state index contributed by atoms with van der Waals surface area (Å²) < 4.78 is 3.44. The molecule has 4 aromatic rings. The summed E-state index contributed by atoms with van der Waals surface area (Å²) in [4.78, 5) is 21.2. The van der Waals surface area contributed by atoms with Crippen LogP contribution in [0.5, 0.6) is 0 Å². The monoisotopic (exact) mass is 406 g/mol. The van der Waals surface area contributed by atoms with Gasteiger partial charge in [0.05, 0.1) is 36.7 Å². The van der Waals surface area contributed by atoms with Gasteiger partial charge in [-0.15, -0.1) is 0 Å². The molecule has 0 spiro atoms. The molecule has 4 aromatic heterocycles. The first-order valence-corrected chi connectivity index (χ1v) is 9.30. The minimum absolute atomic E-state index is 0.166. The standard InChI is InChI=1S/C19H18N8O3/c1-24-9-14(8-21-24)15-5-16-13(6-20-15)7-22-27(16)18-4-2-3-17(23-18)25-10-19(28,11-25)12-26(29)30/h2-9,28H,10-12H2,1H3. The minimum atomic E-state index is -1.32. The van der Waals surface area contributed by atoms with E-state index in [2.05, 4.69) is 20.2 Å². The third-order valence-electron chi connectivity index (χ3n) is 5.11. The average molecular weight is 406 g/mol. The van der Waals surface area contributed by atoms with E-state index in [1.54, 1.807) is 32.9 Å². The Hall–Kier alpha value is -3.86. The van der Waals surface area contributed by atoms with Gasteiger partial charge in [-0.2, -0.15) is 10.2 Å². The van der Waals surface area contributed by atoms with E-state index in [0.29, 0.717) is 11.6 Å². The van der Waals surface area contributed by atoms with Crippen LogP contribution in [0.4, 0.5) is 5.82 Å². The van der Waals surface area contributed by atoms with E-state index in [0.717, 1.165) is 22.2 Å². The van der Waals surface area contributed by atoms with Gasteiger partial charge in [0.15, 0.2) is 11.4 Å². The van der Waals surface area contributed by atoms with Crippen molar-refractivity contribution in [2.75, 3.05) is 24.5 Å². The van der Waals surface area contributed by atoms with Crippen LogP contribution in [-0.4, -0.2) is 64.8 Å². The fourth-order valence-corrected chi connectivity index (χ4v) is 3.69. The van der Waals surface area contributed by atoms with Crippen LogP contribution in [-0.2, 0) is 7.05 Å². The van der Waals surface area contributed by atoms with Crippen LogP contribution in [0.3, 0.4) is 0 Å². The van der Waals surface area contributed by atoms with Gasteiger partial charge in [-0.1, -0.05) is 6.07 Å². The first-order chi connectivity index (χ1) is 14.4. The summed E-state index contributed by atoms with van der Waals surface area (Å²) in [5, 5.41) is 30.4. The van der Waals surface area contributed by atoms with Crippen molar-refractivity contribution in [2.45, 2.75) is 5.60 Å². The molecule has 0 aliphatic carbocycles. The summed E-state index contributed by atoms with van der Waals surface area (Å²) in [6.07, 6.45) is 7.13. The van der Waals surface area contributed by atoms with Crippen molar-refractivity contribution in [1.82, 2.24) is 29.5 Å². The highest BCUT2D eigenvalue weighted by Gasteiger charge is 2.46. The van der Waals surface area contributed by atoms with Gasteiger partial charge in [-0.3, -0.25) is 19.8 Å². The van der Waals surface area contributed by atoms with Crippen LogP contribution in [0, 0.1) is 10.1 Å². The molecule has 1 fully saturated rings. The molecule has 0 saturated carbocycles. The van der Waals surface area contributed by atoms with Crippen molar-refractivity contribution < 1.29 is 10.0 Å². The number of nitro groups is 1. The molecule has 1 N–H and O–H groups in total. The second-order valence-electron chi connectivity index (χ2n) is 7.51. The lowest BCUT2D eigenvalue weighted by molar-refractivity contribution is -0.501. The Morgan fingerprint density at radius 1 is 1.20 bits per heavy atom. The van der Waals surface area contributed by atoms with Crippen molar-refractivity contribution in [1.29, 1.82) is 0 Å². The number of hydrogen-bond donors (Lipinski definition) is 1. The van der Waals surface area contributed by atoms with Gasteiger partial charge >= 0.3 is 0 Å². The largest absolute Gasteiger partial charge is 0.380 e. The van der Waals surface area contributed by atoms with E-state index >= 15 is 0 Å². The molecule has 0 unspecified atom stereocenters. The molecule has 0 aromatic carbocycles. The zero-order valence-electron chi connectivity index (χ0n) is 16.1. The number of rotatable bonds is 5.